The summed E-state index contributed by atoms with van der Waals surface area (Å²) in [5.41, 5.74) is 15.9. The number of aromatic nitrogens is 2. The summed E-state index contributed by atoms with van der Waals surface area (Å²) in [6.07, 6.45) is 5.15. The van der Waals surface area contributed by atoms with E-state index < -0.39 is 5.91 Å². The summed E-state index contributed by atoms with van der Waals surface area (Å²) in [5, 5.41) is 8.00. The molecule has 0 saturated heterocycles. The molecule has 0 spiro atoms. The highest BCUT2D eigenvalue weighted by Gasteiger charge is 2.49. The van der Waals surface area contributed by atoms with Crippen LogP contribution in [-0.2, 0) is 0 Å². The molecule has 33 heavy (non-hydrogen) atoms. The summed E-state index contributed by atoms with van der Waals surface area (Å²) < 4.78 is 1.73. The molecule has 0 radical (unpaired) electrons. The highest BCUT2D eigenvalue weighted by molar-refractivity contribution is 6.02. The normalized spacial score (nSPS) is 21.8. The van der Waals surface area contributed by atoms with Crippen LogP contribution in [0.2, 0.25) is 0 Å². The van der Waals surface area contributed by atoms with Crippen molar-refractivity contribution in [2.24, 2.45) is 16.9 Å². The van der Waals surface area contributed by atoms with E-state index in [0.29, 0.717) is 16.8 Å². The first-order valence-electron chi connectivity index (χ1n) is 11.1. The van der Waals surface area contributed by atoms with Crippen LogP contribution in [0.4, 0.5) is 5.69 Å². The van der Waals surface area contributed by atoms with E-state index >= 15 is 0 Å². The van der Waals surface area contributed by atoms with Gasteiger partial charge in [0, 0.05) is 48.4 Å². The summed E-state index contributed by atoms with van der Waals surface area (Å²) in [5.74, 6) is -0.606. The van der Waals surface area contributed by atoms with E-state index in [1.165, 1.54) is 6.20 Å². The highest BCUT2D eigenvalue weighted by Crippen LogP contribution is 2.46. The molecule has 5 N–H and O–H groups in total. The molecule has 174 valence electrons. The molecule has 1 saturated carbocycles. The minimum Gasteiger partial charge on any atom is -0.379 e. The monoisotopic (exact) mass is 448 g/mol. The van der Waals surface area contributed by atoms with Crippen LogP contribution in [-0.4, -0.2) is 52.0 Å². The summed E-state index contributed by atoms with van der Waals surface area (Å²) >= 11 is 0. The molecule has 4 rings (SSSR count). The number of nitrogens with two attached hydrogens (primary N) is 2. The molecule has 1 aliphatic carbocycles. The van der Waals surface area contributed by atoms with E-state index in [9.17, 15) is 9.59 Å². The summed E-state index contributed by atoms with van der Waals surface area (Å²) in [6.45, 7) is 6.37. The summed E-state index contributed by atoms with van der Waals surface area (Å²) in [7, 11) is 3.46. The Morgan fingerprint density at radius 2 is 1.91 bits per heavy atom. The lowest BCUT2D eigenvalue weighted by molar-refractivity contribution is 0.0827. The number of carbonyl (C=O) groups excluding carboxylic acids is 2. The van der Waals surface area contributed by atoms with Gasteiger partial charge in [-0.1, -0.05) is 26.0 Å². The predicted octanol–water partition coefficient (Wildman–Crippen LogP) is 3.12. The van der Waals surface area contributed by atoms with Crippen LogP contribution in [0.25, 0.3) is 16.6 Å². The SMILES string of the molecule is CN(C)C(=O)c1cccc(-c2cc3c(N[C@@H]4CC[C@](C)(N)C4(C)C)c(C(N)=O)cnn3c2)c1. The van der Waals surface area contributed by atoms with Gasteiger partial charge >= 0.3 is 0 Å². The number of hydrogen-bond acceptors (Lipinski definition) is 5. The number of anilines is 1. The average molecular weight is 449 g/mol. The van der Waals surface area contributed by atoms with E-state index in [0.717, 1.165) is 29.5 Å². The van der Waals surface area contributed by atoms with Crippen molar-refractivity contribution >= 4 is 23.0 Å². The van der Waals surface area contributed by atoms with Crippen molar-refractivity contribution in [1.29, 1.82) is 0 Å². The maximum atomic E-state index is 12.4. The quantitative estimate of drug-likeness (QED) is 0.554. The van der Waals surface area contributed by atoms with E-state index in [2.05, 4.69) is 31.2 Å². The third kappa shape index (κ3) is 3.84. The van der Waals surface area contributed by atoms with Gasteiger partial charge < -0.3 is 21.7 Å². The predicted molar refractivity (Wildman–Crippen MR) is 130 cm³/mol. The van der Waals surface area contributed by atoms with Crippen LogP contribution in [0.1, 0.15) is 54.3 Å². The standard InChI is InChI=1S/C25H32N6O2/c1-24(2)20(9-10-25(24,3)27)29-21-18(22(26)32)13-28-31-14-17(12-19(21)31)15-7-6-8-16(11-15)23(33)30(4)5/h6-8,11-14,20,29H,9-10,27H2,1-5H3,(H2,26,32)/t20-,25+/m1/s1. The fraction of sp³-hybridized carbons (Fsp3) is 0.400. The molecular formula is C25H32N6O2. The molecule has 1 aliphatic rings. The number of benzene rings is 1. The Bertz CT molecular complexity index is 1240. The maximum Gasteiger partial charge on any atom is 0.253 e. The Kier molecular flexibility index (Phi) is 5.44. The zero-order valence-electron chi connectivity index (χ0n) is 19.8. The molecule has 1 aromatic carbocycles. The molecule has 3 aromatic rings. The van der Waals surface area contributed by atoms with Crippen LogP contribution in [0, 0.1) is 5.41 Å². The second-order valence-corrected chi connectivity index (χ2v) is 10.0. The number of fused-ring (bicyclic) bond motifs is 1. The van der Waals surface area contributed by atoms with E-state index in [-0.39, 0.29) is 22.9 Å². The largest absolute Gasteiger partial charge is 0.379 e. The number of carbonyl (C=O) groups is 2. The molecular weight excluding hydrogens is 416 g/mol. The van der Waals surface area contributed by atoms with Crippen molar-refractivity contribution in [2.45, 2.75) is 45.2 Å². The molecule has 8 heteroatoms. The van der Waals surface area contributed by atoms with Gasteiger partial charge in [0.05, 0.1) is 23.0 Å². The highest BCUT2D eigenvalue weighted by atomic mass is 16.2. The Morgan fingerprint density at radius 3 is 2.52 bits per heavy atom. The third-order valence-electron chi connectivity index (χ3n) is 7.37. The number of primary amides is 1. The van der Waals surface area contributed by atoms with Gasteiger partial charge in [-0.25, -0.2) is 4.52 Å². The van der Waals surface area contributed by atoms with Gasteiger partial charge in [-0.15, -0.1) is 0 Å². The van der Waals surface area contributed by atoms with Crippen LogP contribution in [0.5, 0.6) is 0 Å². The minimum atomic E-state index is -0.542. The molecule has 0 unspecified atom stereocenters. The lowest BCUT2D eigenvalue weighted by Gasteiger charge is -2.39. The molecule has 0 aliphatic heterocycles. The molecule has 2 amide bonds. The molecule has 2 aromatic heterocycles. The van der Waals surface area contributed by atoms with Gasteiger partial charge in [0.25, 0.3) is 11.8 Å². The van der Waals surface area contributed by atoms with Crippen LogP contribution < -0.4 is 16.8 Å². The maximum absolute atomic E-state index is 12.4. The van der Waals surface area contributed by atoms with Gasteiger partial charge in [0.1, 0.15) is 0 Å². The lowest BCUT2D eigenvalue weighted by atomic mass is 9.75. The second kappa shape index (κ2) is 7.88. The van der Waals surface area contributed by atoms with Crippen molar-refractivity contribution < 1.29 is 9.59 Å². The Labute approximate surface area is 193 Å². The number of rotatable bonds is 5. The van der Waals surface area contributed by atoms with E-state index in [1.807, 2.05) is 30.5 Å². The Hall–Kier alpha value is -3.39. The zero-order chi connectivity index (χ0) is 24.1. The fourth-order valence-electron chi connectivity index (χ4n) is 4.60. The number of nitrogens with one attached hydrogen (secondary N) is 1. The Morgan fingerprint density at radius 1 is 1.18 bits per heavy atom. The average Bonchev–Trinajstić information content (AvgIpc) is 3.27. The fourth-order valence-corrected chi connectivity index (χ4v) is 4.60. The van der Waals surface area contributed by atoms with Crippen molar-refractivity contribution in [2.75, 3.05) is 19.4 Å². The molecule has 8 nitrogen and oxygen atoms in total. The topological polar surface area (TPSA) is 119 Å². The third-order valence-corrected chi connectivity index (χ3v) is 7.37. The molecule has 2 atom stereocenters. The van der Waals surface area contributed by atoms with Crippen LogP contribution in [0.3, 0.4) is 0 Å². The number of hydrogen-bond donors (Lipinski definition) is 3. The first-order valence-corrected chi connectivity index (χ1v) is 11.1. The number of nitrogens with zero attached hydrogens (tertiary/aromatic N) is 3. The van der Waals surface area contributed by atoms with Crippen molar-refractivity contribution in [3.8, 4) is 11.1 Å². The van der Waals surface area contributed by atoms with Crippen molar-refractivity contribution in [1.82, 2.24) is 14.5 Å². The first kappa shape index (κ1) is 22.8. The molecule has 1 fully saturated rings. The van der Waals surface area contributed by atoms with Gasteiger partial charge in [-0.05, 0) is 43.5 Å². The summed E-state index contributed by atoms with van der Waals surface area (Å²) in [4.78, 5) is 26.2. The minimum absolute atomic E-state index is 0.0644. The van der Waals surface area contributed by atoms with Gasteiger partial charge in [0.2, 0.25) is 0 Å². The van der Waals surface area contributed by atoms with Crippen molar-refractivity contribution in [3.05, 3.63) is 53.9 Å². The van der Waals surface area contributed by atoms with Crippen LogP contribution >= 0.6 is 0 Å². The van der Waals surface area contributed by atoms with Crippen molar-refractivity contribution in [3.63, 3.8) is 0 Å². The van der Waals surface area contributed by atoms with Gasteiger partial charge in [0.15, 0.2) is 0 Å². The smallest absolute Gasteiger partial charge is 0.253 e. The first-order chi connectivity index (χ1) is 15.4. The van der Waals surface area contributed by atoms with E-state index in [4.69, 9.17) is 11.5 Å². The molecule has 0 bridgehead atoms. The van der Waals surface area contributed by atoms with Gasteiger partial charge in [-0.2, -0.15) is 5.10 Å². The Balaban J connectivity index is 1.80. The van der Waals surface area contributed by atoms with Crippen LogP contribution in [0.15, 0.2) is 42.7 Å². The summed E-state index contributed by atoms with van der Waals surface area (Å²) in [6, 6.07) is 9.49. The van der Waals surface area contributed by atoms with E-state index in [1.54, 1.807) is 29.6 Å². The van der Waals surface area contributed by atoms with Gasteiger partial charge in [-0.3, -0.25) is 9.59 Å². The molecule has 2 heterocycles. The number of amides is 2. The second-order valence-electron chi connectivity index (χ2n) is 10.0. The lowest BCUT2D eigenvalue weighted by Crippen LogP contribution is -2.51. The zero-order valence-corrected chi connectivity index (χ0v) is 19.8.